The van der Waals surface area contributed by atoms with E-state index in [4.69, 9.17) is 9.84 Å². The maximum Gasteiger partial charge on any atom is 0.313 e. The monoisotopic (exact) mass is 355 g/mol. The van der Waals surface area contributed by atoms with Crippen LogP contribution in [0.1, 0.15) is 11.4 Å². The third kappa shape index (κ3) is 4.84. The average Bonchev–Trinajstić information content (AvgIpc) is 3.01. The summed E-state index contributed by atoms with van der Waals surface area (Å²) >= 11 is 1.15. The van der Waals surface area contributed by atoms with Crippen molar-refractivity contribution in [3.8, 4) is 5.75 Å². The lowest BCUT2D eigenvalue weighted by molar-refractivity contribution is -0.133. The molecule has 0 aliphatic rings. The van der Waals surface area contributed by atoms with Crippen molar-refractivity contribution in [2.24, 2.45) is 0 Å². The molecule has 0 spiro atoms. The largest absolute Gasteiger partial charge is 0.486 e. The van der Waals surface area contributed by atoms with Crippen LogP contribution in [0.4, 0.5) is 0 Å². The number of carboxylic acids is 1. The number of nitrogens with zero attached hydrogens (tertiary/aromatic N) is 3. The fraction of sp³-hybridized carbons (Fsp3) is 0.167. The van der Waals surface area contributed by atoms with E-state index in [0.29, 0.717) is 17.5 Å². The number of aromatic nitrogens is 3. The molecule has 25 heavy (non-hydrogen) atoms. The van der Waals surface area contributed by atoms with Gasteiger partial charge in [0.1, 0.15) is 12.4 Å². The predicted molar refractivity (Wildman–Crippen MR) is 94.7 cm³/mol. The van der Waals surface area contributed by atoms with Crippen molar-refractivity contribution in [1.82, 2.24) is 14.8 Å². The van der Waals surface area contributed by atoms with Crippen LogP contribution in [0.25, 0.3) is 0 Å². The van der Waals surface area contributed by atoms with Crippen LogP contribution in [0, 0.1) is 0 Å². The van der Waals surface area contributed by atoms with Gasteiger partial charge in [-0.3, -0.25) is 9.36 Å². The molecule has 1 heterocycles. The van der Waals surface area contributed by atoms with E-state index in [0.717, 1.165) is 23.1 Å². The average molecular weight is 355 g/mol. The minimum absolute atomic E-state index is 0.0630. The summed E-state index contributed by atoms with van der Waals surface area (Å²) < 4.78 is 7.66. The first-order valence-electron chi connectivity index (χ1n) is 7.71. The highest BCUT2D eigenvalue weighted by molar-refractivity contribution is 7.99. The molecule has 0 atom stereocenters. The zero-order chi connectivity index (χ0) is 17.5. The van der Waals surface area contributed by atoms with Crippen molar-refractivity contribution in [2.45, 2.75) is 18.3 Å². The molecule has 2 aromatic carbocycles. The number of hydrogen-bond donors (Lipinski definition) is 1. The second-order valence-electron chi connectivity index (χ2n) is 5.25. The van der Waals surface area contributed by atoms with Crippen LogP contribution in [0.5, 0.6) is 5.75 Å². The van der Waals surface area contributed by atoms with Gasteiger partial charge >= 0.3 is 5.97 Å². The standard InChI is InChI=1S/C18H17N3O3S/c22-17(23)13-25-18-20-19-16(12-24-15-9-5-2-6-10-15)21(18)11-14-7-3-1-4-8-14/h1-10H,11-13H2,(H,22,23). The molecule has 1 aromatic heterocycles. The highest BCUT2D eigenvalue weighted by atomic mass is 32.2. The van der Waals surface area contributed by atoms with Gasteiger partial charge in [-0.05, 0) is 17.7 Å². The van der Waals surface area contributed by atoms with Crippen molar-refractivity contribution < 1.29 is 14.6 Å². The van der Waals surface area contributed by atoms with E-state index >= 15 is 0 Å². The Morgan fingerprint density at radius 3 is 2.40 bits per heavy atom. The van der Waals surface area contributed by atoms with Crippen LogP contribution in [-0.4, -0.2) is 31.6 Å². The molecule has 0 bridgehead atoms. The highest BCUT2D eigenvalue weighted by Gasteiger charge is 2.15. The maximum atomic E-state index is 10.9. The molecule has 128 valence electrons. The fourth-order valence-corrected chi connectivity index (χ4v) is 2.93. The first kappa shape index (κ1) is 17.0. The van der Waals surface area contributed by atoms with Gasteiger partial charge in [0.25, 0.3) is 0 Å². The van der Waals surface area contributed by atoms with Crippen molar-refractivity contribution >= 4 is 17.7 Å². The Bertz CT molecular complexity index is 822. The number of para-hydroxylation sites is 1. The Morgan fingerprint density at radius 2 is 1.72 bits per heavy atom. The Morgan fingerprint density at radius 1 is 1.04 bits per heavy atom. The lowest BCUT2D eigenvalue weighted by Crippen LogP contribution is -2.10. The Kier molecular flexibility index (Phi) is 5.69. The molecule has 6 nitrogen and oxygen atoms in total. The van der Waals surface area contributed by atoms with Crippen LogP contribution in [0.3, 0.4) is 0 Å². The molecule has 0 radical (unpaired) electrons. The molecule has 0 aliphatic carbocycles. The smallest absolute Gasteiger partial charge is 0.313 e. The van der Waals surface area contributed by atoms with Gasteiger partial charge in [-0.2, -0.15) is 0 Å². The third-order valence-corrected chi connectivity index (χ3v) is 4.36. The van der Waals surface area contributed by atoms with Gasteiger partial charge in [0.15, 0.2) is 11.0 Å². The molecule has 0 fully saturated rings. The summed E-state index contributed by atoms with van der Waals surface area (Å²) in [5.74, 6) is 0.449. The van der Waals surface area contributed by atoms with E-state index in [2.05, 4.69) is 10.2 Å². The first-order valence-corrected chi connectivity index (χ1v) is 8.69. The van der Waals surface area contributed by atoms with Crippen molar-refractivity contribution in [2.75, 3.05) is 5.75 Å². The van der Waals surface area contributed by atoms with Gasteiger partial charge in [0.05, 0.1) is 12.3 Å². The number of thioether (sulfide) groups is 1. The zero-order valence-corrected chi connectivity index (χ0v) is 14.2. The van der Waals surface area contributed by atoms with Crippen LogP contribution < -0.4 is 4.74 Å². The fourth-order valence-electron chi connectivity index (χ4n) is 2.25. The first-order chi connectivity index (χ1) is 12.2. The summed E-state index contributed by atoms with van der Waals surface area (Å²) in [5, 5.41) is 17.8. The minimum atomic E-state index is -0.888. The molecule has 3 aromatic rings. The summed E-state index contributed by atoms with van der Waals surface area (Å²) in [7, 11) is 0. The molecule has 0 aliphatic heterocycles. The van der Waals surface area contributed by atoms with E-state index < -0.39 is 5.97 Å². The maximum absolute atomic E-state index is 10.9. The molecule has 0 saturated carbocycles. The topological polar surface area (TPSA) is 77.2 Å². The van der Waals surface area contributed by atoms with Crippen LogP contribution in [0.15, 0.2) is 65.8 Å². The number of rotatable bonds is 8. The molecular weight excluding hydrogens is 338 g/mol. The third-order valence-electron chi connectivity index (χ3n) is 3.41. The summed E-state index contributed by atoms with van der Waals surface area (Å²) in [6, 6.07) is 19.4. The van der Waals surface area contributed by atoms with Crippen LogP contribution in [0.2, 0.25) is 0 Å². The number of hydrogen-bond acceptors (Lipinski definition) is 5. The molecule has 3 rings (SSSR count). The Labute approximate surface area is 149 Å². The second kappa shape index (κ2) is 8.34. The van der Waals surface area contributed by atoms with E-state index in [1.54, 1.807) is 0 Å². The zero-order valence-electron chi connectivity index (χ0n) is 13.4. The van der Waals surface area contributed by atoms with Gasteiger partial charge in [-0.25, -0.2) is 0 Å². The van der Waals surface area contributed by atoms with E-state index in [-0.39, 0.29) is 12.4 Å². The predicted octanol–water partition coefficient (Wildman–Crippen LogP) is 3.08. The van der Waals surface area contributed by atoms with E-state index in [1.165, 1.54) is 0 Å². The minimum Gasteiger partial charge on any atom is -0.486 e. The van der Waals surface area contributed by atoms with Gasteiger partial charge in [0, 0.05) is 0 Å². The van der Waals surface area contributed by atoms with Crippen molar-refractivity contribution in [3.05, 3.63) is 72.1 Å². The summed E-state index contributed by atoms with van der Waals surface area (Å²) in [6.07, 6.45) is 0. The van der Waals surface area contributed by atoms with Gasteiger partial charge in [-0.1, -0.05) is 60.3 Å². The quantitative estimate of drug-likeness (QED) is 0.626. The Balaban J connectivity index is 1.79. The van der Waals surface area contributed by atoms with Crippen LogP contribution >= 0.6 is 11.8 Å². The number of ether oxygens (including phenoxy) is 1. The summed E-state index contributed by atoms with van der Waals surface area (Å²) in [5.41, 5.74) is 1.08. The lowest BCUT2D eigenvalue weighted by atomic mass is 10.2. The van der Waals surface area contributed by atoms with Crippen molar-refractivity contribution in [3.63, 3.8) is 0 Å². The number of carboxylic acid groups (broad SMARTS) is 1. The SMILES string of the molecule is O=C(O)CSc1nnc(COc2ccccc2)n1Cc1ccccc1. The highest BCUT2D eigenvalue weighted by Crippen LogP contribution is 2.20. The molecule has 0 unspecified atom stereocenters. The molecule has 7 heteroatoms. The molecule has 0 amide bonds. The number of aliphatic carboxylic acids is 1. The van der Waals surface area contributed by atoms with Gasteiger partial charge < -0.3 is 9.84 Å². The Hall–Kier alpha value is -2.80. The molecular formula is C18H17N3O3S. The normalized spacial score (nSPS) is 10.6. The van der Waals surface area contributed by atoms with Crippen LogP contribution in [-0.2, 0) is 17.9 Å². The number of benzene rings is 2. The van der Waals surface area contributed by atoms with E-state index in [1.807, 2.05) is 65.2 Å². The summed E-state index contributed by atoms with van der Waals surface area (Å²) in [6.45, 7) is 0.820. The van der Waals surface area contributed by atoms with E-state index in [9.17, 15) is 4.79 Å². The molecule has 1 N–H and O–H groups in total. The number of carbonyl (C=O) groups is 1. The van der Waals surface area contributed by atoms with Crippen molar-refractivity contribution in [1.29, 1.82) is 0 Å². The van der Waals surface area contributed by atoms with Gasteiger partial charge in [-0.15, -0.1) is 10.2 Å². The lowest BCUT2D eigenvalue weighted by Gasteiger charge is -2.11. The molecule has 0 saturated heterocycles. The second-order valence-corrected chi connectivity index (χ2v) is 6.20. The summed E-state index contributed by atoms with van der Waals surface area (Å²) in [4.78, 5) is 10.9. The van der Waals surface area contributed by atoms with Gasteiger partial charge in [0.2, 0.25) is 0 Å².